The molecule has 0 amide bonds. The Morgan fingerprint density at radius 2 is 0.909 bits per heavy atom. The molecule has 0 N–H and O–H groups in total. The van der Waals surface area contributed by atoms with E-state index in [1.807, 2.05) is 0 Å². The predicted molar refractivity (Wildman–Crippen MR) is 7.37 cm³/mol. The van der Waals surface area contributed by atoms with E-state index >= 15 is 0 Å². The van der Waals surface area contributed by atoms with Gasteiger partial charge >= 0.3 is 61.9 Å². The summed E-state index contributed by atoms with van der Waals surface area (Å²) in [5.74, 6) is 0. The summed E-state index contributed by atoms with van der Waals surface area (Å²) in [5.41, 5.74) is 0. The third-order valence-corrected chi connectivity index (χ3v) is 0.848. The first-order chi connectivity index (χ1) is 4.71. The average Bonchev–Trinajstić information content (AvgIpc) is 1.55. The summed E-state index contributed by atoms with van der Waals surface area (Å²) in [7, 11) is 0. The van der Waals surface area contributed by atoms with Gasteiger partial charge in [0.1, 0.15) is 0 Å². The minimum absolute atomic E-state index is 2.79. The zero-order valence-corrected chi connectivity index (χ0v) is 6.79. The summed E-state index contributed by atoms with van der Waals surface area (Å²) in [6.45, 7) is 0. The van der Waals surface area contributed by atoms with Crippen molar-refractivity contribution in [2.75, 3.05) is 0 Å². The Morgan fingerprint density at radius 3 is 1.09 bits per heavy atom. The van der Waals surface area contributed by atoms with Gasteiger partial charge in [-0.3, -0.25) is 0 Å². The third-order valence-electron chi connectivity index (χ3n) is 0.206. The Balaban J connectivity index is 3.99. The molecule has 0 aromatic rings. The van der Waals surface area contributed by atoms with Gasteiger partial charge in [-0.15, -0.1) is 0 Å². The Kier molecular flexibility index (Phi) is 3.32. The normalized spacial score (nSPS) is 13.1. The molecule has 9 nitrogen and oxygen atoms in total. The van der Waals surface area contributed by atoms with E-state index in [-0.39, 0.29) is 0 Å². The molecule has 0 aliphatic heterocycles. The molecule has 0 fully saturated rings. The van der Waals surface area contributed by atoms with Gasteiger partial charge in [-0.25, -0.2) is 0 Å². The summed E-state index contributed by atoms with van der Waals surface area (Å²) >= 11 is -11.5. The molecule has 0 bridgehead atoms. The maximum absolute atomic E-state index is 9.50. The second-order valence-corrected chi connectivity index (χ2v) is 3.70. The number of rotatable bonds is 4. The van der Waals surface area contributed by atoms with Crippen LogP contribution in [-0.4, -0.2) is 0 Å². The summed E-state index contributed by atoms with van der Waals surface area (Å²) < 4.78 is 62.6. The van der Waals surface area contributed by atoms with Gasteiger partial charge in [-0.05, 0) is 0 Å². The molecule has 11 heavy (non-hydrogen) atoms. The van der Waals surface area contributed by atoms with E-state index in [4.69, 9.17) is 0 Å². The fourth-order valence-corrected chi connectivity index (χ4v) is 0.425. The number of hydrogen-bond donors (Lipinski definition) is 0. The van der Waals surface area contributed by atoms with Crippen LogP contribution in [0.5, 0.6) is 0 Å². The van der Waals surface area contributed by atoms with E-state index in [1.54, 1.807) is 0 Å². The Labute approximate surface area is 62.4 Å². The van der Waals surface area contributed by atoms with Crippen LogP contribution in [0.1, 0.15) is 0 Å². The first kappa shape index (κ1) is 10.7. The molecule has 68 valence electrons. The molecule has 0 spiro atoms. The molecule has 0 saturated heterocycles. The molecule has 0 radical (unpaired) electrons. The standard InChI is InChI=1S/2Mn.H2O3.6O/c;;1-3-2;;;;;;/h;;1-2H;;;;;;/q2*+1;;;;;;;/p-2. The molecule has 0 unspecified atom stereocenters. The van der Waals surface area contributed by atoms with Crippen molar-refractivity contribution in [3.05, 3.63) is 0 Å². The maximum atomic E-state index is 9.50. The van der Waals surface area contributed by atoms with E-state index in [1.165, 1.54) is 0 Å². The topological polar surface area (TPSA) is 130 Å². The summed E-state index contributed by atoms with van der Waals surface area (Å²) in [4.78, 5) is 0. The monoisotopic (exact) mass is 254 g/mol. The van der Waals surface area contributed by atoms with Crippen LogP contribution in [0.15, 0.2) is 0 Å². The molecule has 0 heterocycles. The van der Waals surface area contributed by atoms with Gasteiger partial charge < -0.3 is 0 Å². The van der Waals surface area contributed by atoms with Gasteiger partial charge in [-0.1, -0.05) is 0 Å². The van der Waals surface area contributed by atoms with E-state index < -0.39 is 25.9 Å². The van der Waals surface area contributed by atoms with Crippen LogP contribution in [0.4, 0.5) is 0 Å². The van der Waals surface area contributed by atoms with E-state index in [0.717, 1.165) is 0 Å². The average molecular weight is 254 g/mol. The molecule has 0 aromatic heterocycles. The van der Waals surface area contributed by atoms with Crippen molar-refractivity contribution < 1.29 is 61.9 Å². The first-order valence-electron chi connectivity index (χ1n) is 1.57. The second-order valence-electron chi connectivity index (χ2n) is 0.950. The Bertz CT molecular complexity index is 331. The van der Waals surface area contributed by atoms with Gasteiger partial charge in [0.25, 0.3) is 0 Å². The van der Waals surface area contributed by atoms with Crippen molar-refractivity contribution in [1.29, 1.82) is 0 Å². The van der Waals surface area contributed by atoms with Crippen LogP contribution in [0.2, 0.25) is 0 Å². The fourth-order valence-electron chi connectivity index (χ4n) is 0.0727. The molecular weight excluding hydrogens is 254 g/mol. The van der Waals surface area contributed by atoms with Crippen molar-refractivity contribution in [2.24, 2.45) is 0 Å². The summed E-state index contributed by atoms with van der Waals surface area (Å²) in [6.07, 6.45) is 0. The molecule has 0 rings (SSSR count). The SMILES string of the molecule is [O]=[Mn](=[O])(=[O])[O]O[O][Mn](=[O])(=[O])=[O]. The molecule has 0 aliphatic rings. The Hall–Kier alpha value is -0.281. The zero-order chi connectivity index (χ0) is 9.12. The minimum atomic E-state index is -5.76. The van der Waals surface area contributed by atoms with Crippen LogP contribution in [0.25, 0.3) is 0 Å². The van der Waals surface area contributed by atoms with Gasteiger partial charge in [0, 0.05) is 0 Å². The second kappa shape index (κ2) is 3.41. The van der Waals surface area contributed by atoms with Crippen molar-refractivity contribution >= 4 is 0 Å². The zero-order valence-electron chi connectivity index (χ0n) is 4.43. The van der Waals surface area contributed by atoms with Gasteiger partial charge in [0.15, 0.2) is 0 Å². The molecule has 11 heteroatoms. The van der Waals surface area contributed by atoms with Gasteiger partial charge in [0.05, 0.1) is 0 Å². The summed E-state index contributed by atoms with van der Waals surface area (Å²) in [5, 5.41) is 2.81. The van der Waals surface area contributed by atoms with Gasteiger partial charge in [0.2, 0.25) is 0 Å². The van der Waals surface area contributed by atoms with Crippen LogP contribution in [0.3, 0.4) is 0 Å². The van der Waals surface area contributed by atoms with E-state index in [9.17, 15) is 23.0 Å². The molecule has 0 aliphatic carbocycles. The molecule has 0 aromatic carbocycles. The predicted octanol–water partition coefficient (Wildman–Crippen LogP) is -0.923. The molecule has 0 saturated carbocycles. The van der Waals surface area contributed by atoms with Crippen LogP contribution >= 0.6 is 0 Å². The molecular formula is Mn2O9. The Morgan fingerprint density at radius 1 is 0.636 bits per heavy atom. The molecule has 0 atom stereocenters. The van der Waals surface area contributed by atoms with Crippen molar-refractivity contribution in [3.8, 4) is 0 Å². The van der Waals surface area contributed by atoms with Gasteiger partial charge in [-0.2, -0.15) is 0 Å². The third kappa shape index (κ3) is 9.72. The van der Waals surface area contributed by atoms with Crippen LogP contribution in [-0.2, 0) is 61.9 Å². The van der Waals surface area contributed by atoms with Crippen LogP contribution in [0, 0.1) is 0 Å². The van der Waals surface area contributed by atoms with Crippen molar-refractivity contribution in [2.45, 2.75) is 0 Å². The van der Waals surface area contributed by atoms with Crippen molar-refractivity contribution in [1.82, 2.24) is 0 Å². The quantitative estimate of drug-likeness (QED) is 0.354. The van der Waals surface area contributed by atoms with Crippen molar-refractivity contribution in [3.63, 3.8) is 0 Å². The fraction of sp³-hybridized carbons (Fsp3) is 0. The summed E-state index contributed by atoms with van der Waals surface area (Å²) in [6, 6.07) is 0. The van der Waals surface area contributed by atoms with E-state index in [0.29, 0.717) is 0 Å². The first-order valence-corrected chi connectivity index (χ1v) is 5.42. The van der Waals surface area contributed by atoms with Crippen LogP contribution < -0.4 is 0 Å². The van der Waals surface area contributed by atoms with E-state index in [2.05, 4.69) is 13.0 Å². The number of hydrogen-bond acceptors (Lipinski definition) is 9.